The van der Waals surface area contributed by atoms with Gasteiger partial charge in [0, 0.05) is 11.1 Å². The molecule has 3 heteroatoms. The second kappa shape index (κ2) is 7.44. The summed E-state index contributed by atoms with van der Waals surface area (Å²) in [5.41, 5.74) is 4.11. The number of nitrogens with two attached hydrogens (primary N) is 1. The SMILES string of the molecule is C=CCCCC(Cc1ccc(Cl)cc1)NN. The lowest BCUT2D eigenvalue weighted by Crippen LogP contribution is -2.36. The van der Waals surface area contributed by atoms with Crippen molar-refractivity contribution in [2.75, 3.05) is 0 Å². The Labute approximate surface area is 102 Å². The second-order valence-electron chi connectivity index (χ2n) is 3.91. The van der Waals surface area contributed by atoms with E-state index in [2.05, 4.69) is 12.0 Å². The van der Waals surface area contributed by atoms with Crippen LogP contribution in [0.5, 0.6) is 0 Å². The molecule has 0 aliphatic carbocycles. The minimum Gasteiger partial charge on any atom is -0.271 e. The molecule has 2 nitrogen and oxygen atoms in total. The van der Waals surface area contributed by atoms with Crippen LogP contribution in [0.15, 0.2) is 36.9 Å². The number of benzene rings is 1. The molecule has 0 saturated heterocycles. The minimum atomic E-state index is 0.320. The van der Waals surface area contributed by atoms with Gasteiger partial charge in [0.25, 0.3) is 0 Å². The summed E-state index contributed by atoms with van der Waals surface area (Å²) in [6.07, 6.45) is 6.09. The topological polar surface area (TPSA) is 38.0 Å². The van der Waals surface area contributed by atoms with Crippen molar-refractivity contribution in [3.05, 3.63) is 47.5 Å². The predicted octanol–water partition coefficient (Wildman–Crippen LogP) is 3.07. The summed E-state index contributed by atoms with van der Waals surface area (Å²) in [6.45, 7) is 3.71. The number of rotatable bonds is 7. The maximum absolute atomic E-state index is 5.83. The van der Waals surface area contributed by atoms with E-state index in [1.807, 2.05) is 30.3 Å². The van der Waals surface area contributed by atoms with Crippen molar-refractivity contribution < 1.29 is 0 Å². The van der Waals surface area contributed by atoms with Crippen molar-refractivity contribution in [2.24, 2.45) is 5.84 Å². The van der Waals surface area contributed by atoms with Crippen LogP contribution in [0, 0.1) is 0 Å². The van der Waals surface area contributed by atoms with Crippen molar-refractivity contribution in [3.63, 3.8) is 0 Å². The average Bonchev–Trinajstić information content (AvgIpc) is 2.31. The number of unbranched alkanes of at least 4 members (excludes halogenated alkanes) is 1. The molecule has 0 bridgehead atoms. The highest BCUT2D eigenvalue weighted by atomic mass is 35.5. The van der Waals surface area contributed by atoms with E-state index in [1.54, 1.807) is 0 Å². The molecule has 0 radical (unpaired) electrons. The predicted molar refractivity (Wildman–Crippen MR) is 70.3 cm³/mol. The van der Waals surface area contributed by atoms with Gasteiger partial charge in [-0.3, -0.25) is 11.3 Å². The molecule has 1 aromatic carbocycles. The molecular formula is C13H19ClN2. The first-order valence-electron chi connectivity index (χ1n) is 5.57. The molecule has 1 rings (SSSR count). The van der Waals surface area contributed by atoms with Crippen LogP contribution in [-0.4, -0.2) is 6.04 Å². The number of halogens is 1. The van der Waals surface area contributed by atoms with E-state index in [1.165, 1.54) is 5.56 Å². The van der Waals surface area contributed by atoms with Gasteiger partial charge in [-0.15, -0.1) is 6.58 Å². The van der Waals surface area contributed by atoms with Crippen LogP contribution in [0.4, 0.5) is 0 Å². The van der Waals surface area contributed by atoms with Gasteiger partial charge in [-0.1, -0.05) is 29.8 Å². The monoisotopic (exact) mass is 238 g/mol. The first-order chi connectivity index (χ1) is 7.76. The molecule has 1 atom stereocenters. The molecule has 0 heterocycles. The highest BCUT2D eigenvalue weighted by molar-refractivity contribution is 6.30. The molecule has 0 fully saturated rings. The molecule has 1 unspecified atom stereocenters. The molecule has 0 spiro atoms. The highest BCUT2D eigenvalue weighted by Gasteiger charge is 2.06. The molecule has 16 heavy (non-hydrogen) atoms. The van der Waals surface area contributed by atoms with Crippen LogP contribution in [0.25, 0.3) is 0 Å². The Bertz CT molecular complexity index is 308. The van der Waals surface area contributed by atoms with E-state index in [4.69, 9.17) is 17.4 Å². The van der Waals surface area contributed by atoms with Gasteiger partial charge in [0.1, 0.15) is 0 Å². The molecule has 88 valence electrons. The van der Waals surface area contributed by atoms with E-state index in [0.29, 0.717) is 6.04 Å². The van der Waals surface area contributed by atoms with E-state index in [-0.39, 0.29) is 0 Å². The molecule has 0 saturated carbocycles. The van der Waals surface area contributed by atoms with Crippen LogP contribution in [0.1, 0.15) is 24.8 Å². The van der Waals surface area contributed by atoms with E-state index in [9.17, 15) is 0 Å². The Balaban J connectivity index is 2.42. The van der Waals surface area contributed by atoms with Crippen LogP contribution >= 0.6 is 11.6 Å². The fourth-order valence-electron chi connectivity index (χ4n) is 1.66. The molecule has 0 aliphatic heterocycles. The van der Waals surface area contributed by atoms with Gasteiger partial charge in [0.2, 0.25) is 0 Å². The van der Waals surface area contributed by atoms with Crippen molar-refractivity contribution >= 4 is 11.6 Å². The minimum absolute atomic E-state index is 0.320. The average molecular weight is 239 g/mol. The van der Waals surface area contributed by atoms with Crippen LogP contribution in [-0.2, 0) is 6.42 Å². The van der Waals surface area contributed by atoms with E-state index >= 15 is 0 Å². The Morgan fingerprint density at radius 1 is 1.38 bits per heavy atom. The van der Waals surface area contributed by atoms with Crippen molar-refractivity contribution in [1.29, 1.82) is 0 Å². The number of hydrazine groups is 1. The third kappa shape index (κ3) is 4.79. The molecule has 3 N–H and O–H groups in total. The van der Waals surface area contributed by atoms with Gasteiger partial charge in [0.05, 0.1) is 0 Å². The summed E-state index contributed by atoms with van der Waals surface area (Å²) in [7, 11) is 0. The summed E-state index contributed by atoms with van der Waals surface area (Å²) in [6, 6.07) is 8.23. The normalized spacial score (nSPS) is 12.4. The third-order valence-electron chi connectivity index (χ3n) is 2.59. The van der Waals surface area contributed by atoms with Crippen molar-refractivity contribution in [2.45, 2.75) is 31.7 Å². The van der Waals surface area contributed by atoms with Gasteiger partial charge in [-0.2, -0.15) is 0 Å². The van der Waals surface area contributed by atoms with Gasteiger partial charge in [-0.25, -0.2) is 0 Å². The van der Waals surface area contributed by atoms with Crippen LogP contribution in [0.3, 0.4) is 0 Å². The summed E-state index contributed by atoms with van der Waals surface area (Å²) in [5, 5.41) is 0.771. The largest absolute Gasteiger partial charge is 0.271 e. The fraction of sp³-hybridized carbons (Fsp3) is 0.385. The van der Waals surface area contributed by atoms with E-state index in [0.717, 1.165) is 30.7 Å². The fourth-order valence-corrected chi connectivity index (χ4v) is 1.78. The summed E-state index contributed by atoms with van der Waals surface area (Å²) in [4.78, 5) is 0. The number of hydrogen-bond acceptors (Lipinski definition) is 2. The van der Waals surface area contributed by atoms with Crippen molar-refractivity contribution in [3.8, 4) is 0 Å². The van der Waals surface area contributed by atoms with Gasteiger partial charge >= 0.3 is 0 Å². The van der Waals surface area contributed by atoms with Gasteiger partial charge < -0.3 is 0 Å². The zero-order valence-corrected chi connectivity index (χ0v) is 10.2. The first kappa shape index (κ1) is 13.2. The van der Waals surface area contributed by atoms with E-state index < -0.39 is 0 Å². The zero-order chi connectivity index (χ0) is 11.8. The quantitative estimate of drug-likeness (QED) is 0.332. The lowest BCUT2D eigenvalue weighted by atomic mass is 10.0. The highest BCUT2D eigenvalue weighted by Crippen LogP contribution is 2.13. The van der Waals surface area contributed by atoms with Gasteiger partial charge in [0.15, 0.2) is 0 Å². The smallest absolute Gasteiger partial charge is 0.0406 e. The third-order valence-corrected chi connectivity index (χ3v) is 2.84. The lowest BCUT2D eigenvalue weighted by molar-refractivity contribution is 0.478. The Hall–Kier alpha value is -0.830. The first-order valence-corrected chi connectivity index (χ1v) is 5.95. The molecule has 0 aromatic heterocycles. The second-order valence-corrected chi connectivity index (χ2v) is 4.35. The molecule has 0 aliphatic rings. The van der Waals surface area contributed by atoms with Crippen molar-refractivity contribution in [1.82, 2.24) is 5.43 Å². The molecule has 1 aromatic rings. The van der Waals surface area contributed by atoms with Crippen LogP contribution < -0.4 is 11.3 Å². The summed E-state index contributed by atoms with van der Waals surface area (Å²) in [5.74, 6) is 5.53. The molecular weight excluding hydrogens is 220 g/mol. The maximum Gasteiger partial charge on any atom is 0.0406 e. The van der Waals surface area contributed by atoms with Gasteiger partial charge in [-0.05, 0) is 43.4 Å². The Morgan fingerprint density at radius 2 is 2.06 bits per heavy atom. The Kier molecular flexibility index (Phi) is 6.16. The standard InChI is InChI=1S/C13H19ClN2/c1-2-3-4-5-13(16-15)10-11-6-8-12(14)9-7-11/h2,6-9,13,16H,1,3-5,10,15H2. The molecule has 0 amide bonds. The van der Waals surface area contributed by atoms with Crippen LogP contribution in [0.2, 0.25) is 5.02 Å². The lowest BCUT2D eigenvalue weighted by Gasteiger charge is -2.15. The Morgan fingerprint density at radius 3 is 2.62 bits per heavy atom. The number of hydrogen-bond donors (Lipinski definition) is 2. The zero-order valence-electron chi connectivity index (χ0n) is 9.45. The number of nitrogens with one attached hydrogen (secondary N) is 1. The maximum atomic E-state index is 5.83. The summed E-state index contributed by atoms with van der Waals surface area (Å²) < 4.78 is 0. The summed E-state index contributed by atoms with van der Waals surface area (Å²) >= 11 is 5.83. The number of allylic oxidation sites excluding steroid dienone is 1.